The summed E-state index contributed by atoms with van der Waals surface area (Å²) in [7, 11) is 1.45. The lowest BCUT2D eigenvalue weighted by Gasteiger charge is -2.22. The van der Waals surface area contributed by atoms with Gasteiger partial charge in [0, 0.05) is 25.2 Å². The molecule has 1 unspecified atom stereocenters. The molecule has 2 aromatic rings. The molecule has 1 saturated carbocycles. The first-order valence-electron chi connectivity index (χ1n) is 18.5. The SMILES string of the molecule is CC1CCCCC1.CC[C@@H](CC(=O)Nc1cc(C(=O)O)cc(C(=O)O)c1)NC(=O)CNC(=O)C(NC(=O)CN)C(C)C.CNC(=O)/C(=N/N)NN.c1ccccc1. The van der Waals surface area contributed by atoms with E-state index in [1.165, 1.54) is 39.2 Å². The molecular formula is C38H60N10O9. The van der Waals surface area contributed by atoms with Crippen LogP contribution in [0, 0.1) is 11.8 Å². The maximum atomic E-state index is 12.4. The van der Waals surface area contributed by atoms with Crippen LogP contribution in [0.1, 0.15) is 93.4 Å². The Morgan fingerprint density at radius 3 is 1.70 bits per heavy atom. The van der Waals surface area contributed by atoms with E-state index in [4.69, 9.17) is 27.6 Å². The second-order valence-electron chi connectivity index (χ2n) is 13.1. The molecule has 2 atom stereocenters. The highest BCUT2D eigenvalue weighted by molar-refractivity contribution is 6.37. The molecular weight excluding hydrogens is 740 g/mol. The van der Waals surface area contributed by atoms with Crippen molar-refractivity contribution in [2.75, 3.05) is 25.5 Å². The van der Waals surface area contributed by atoms with Crippen molar-refractivity contribution in [3.63, 3.8) is 0 Å². The van der Waals surface area contributed by atoms with E-state index in [9.17, 15) is 33.6 Å². The highest BCUT2D eigenvalue weighted by Gasteiger charge is 2.24. The number of benzene rings is 2. The van der Waals surface area contributed by atoms with Gasteiger partial charge in [0.1, 0.15) is 6.04 Å². The number of nitrogens with two attached hydrogens (primary N) is 3. The minimum Gasteiger partial charge on any atom is -0.478 e. The van der Waals surface area contributed by atoms with Gasteiger partial charge in [-0.2, -0.15) is 5.10 Å². The zero-order chi connectivity index (χ0) is 43.3. The van der Waals surface area contributed by atoms with E-state index in [-0.39, 0.29) is 48.1 Å². The molecule has 19 heteroatoms. The number of carbonyl (C=O) groups is 7. The number of nitrogens with one attached hydrogen (secondary N) is 6. The van der Waals surface area contributed by atoms with Gasteiger partial charge < -0.3 is 53.8 Å². The van der Waals surface area contributed by atoms with Crippen molar-refractivity contribution in [2.45, 2.75) is 84.7 Å². The molecule has 14 N–H and O–H groups in total. The molecule has 316 valence electrons. The average Bonchev–Trinajstić information content (AvgIpc) is 3.20. The number of hydrogen-bond acceptors (Lipinski definition) is 11. The van der Waals surface area contributed by atoms with Crippen LogP contribution in [0.2, 0.25) is 0 Å². The van der Waals surface area contributed by atoms with Crippen molar-refractivity contribution in [3.8, 4) is 0 Å². The maximum absolute atomic E-state index is 12.4. The van der Waals surface area contributed by atoms with Crippen LogP contribution in [0.4, 0.5) is 5.69 Å². The Morgan fingerprint density at radius 2 is 1.35 bits per heavy atom. The van der Waals surface area contributed by atoms with Crippen LogP contribution >= 0.6 is 0 Å². The van der Waals surface area contributed by atoms with E-state index in [2.05, 4.69) is 38.6 Å². The van der Waals surface area contributed by atoms with Gasteiger partial charge >= 0.3 is 11.9 Å². The number of amides is 5. The van der Waals surface area contributed by atoms with Gasteiger partial charge in [-0.05, 0) is 36.5 Å². The molecule has 3 rings (SSSR count). The second kappa shape index (κ2) is 29.2. The smallest absolute Gasteiger partial charge is 0.335 e. The zero-order valence-electron chi connectivity index (χ0n) is 33.3. The minimum absolute atomic E-state index is 0.0139. The van der Waals surface area contributed by atoms with Crippen molar-refractivity contribution >= 4 is 53.0 Å². The molecule has 57 heavy (non-hydrogen) atoms. The number of hydrazine groups is 1. The summed E-state index contributed by atoms with van der Waals surface area (Å²) in [6, 6.07) is 13.7. The predicted octanol–water partition coefficient (Wildman–Crippen LogP) is 1.26. The van der Waals surface area contributed by atoms with Gasteiger partial charge in [-0.1, -0.05) is 96.2 Å². The summed E-state index contributed by atoms with van der Waals surface area (Å²) >= 11 is 0. The highest BCUT2D eigenvalue weighted by atomic mass is 16.4. The molecule has 0 heterocycles. The first kappa shape index (κ1) is 50.9. The largest absolute Gasteiger partial charge is 0.478 e. The minimum atomic E-state index is -1.35. The molecule has 1 fully saturated rings. The Morgan fingerprint density at radius 1 is 0.825 bits per heavy atom. The Hall–Kier alpha value is -6.08. The van der Waals surface area contributed by atoms with Crippen LogP contribution in [-0.2, 0) is 24.0 Å². The summed E-state index contributed by atoms with van der Waals surface area (Å²) in [5, 5.41) is 33.5. The van der Waals surface area contributed by atoms with Gasteiger partial charge in [0.05, 0.1) is 24.2 Å². The van der Waals surface area contributed by atoms with E-state index in [0.29, 0.717) is 6.42 Å². The fraction of sp³-hybridized carbons (Fsp3) is 0.474. The number of aromatic carboxylic acids is 2. The van der Waals surface area contributed by atoms with E-state index in [0.717, 1.165) is 24.1 Å². The molecule has 5 amide bonds. The lowest BCUT2D eigenvalue weighted by atomic mass is 9.91. The number of amidine groups is 1. The molecule has 1 aliphatic carbocycles. The molecule has 0 radical (unpaired) electrons. The summed E-state index contributed by atoms with van der Waals surface area (Å²) in [6.45, 7) is 6.86. The zero-order valence-corrected chi connectivity index (χ0v) is 33.3. The van der Waals surface area contributed by atoms with Crippen LogP contribution in [0.25, 0.3) is 0 Å². The van der Waals surface area contributed by atoms with Crippen LogP contribution in [0.5, 0.6) is 0 Å². The number of hydrazone groups is 1. The fourth-order valence-electron chi connectivity index (χ4n) is 4.97. The monoisotopic (exact) mass is 800 g/mol. The standard InChI is InChI=1S/C22H31N5O8.C7H14.C6H6.C3H9N5O/c1-4-14(25-18(30)10-24-20(31)19(11(2)3)27-17(29)9-23)8-16(28)26-15-6-12(21(32)33)5-13(7-15)22(34)35;1-7-5-3-2-4-6-7;1-2-4-6-5-3-1;1-6-3(9)2(7-4)8-5/h5-7,11,14,19H,4,8-10,23H2,1-3H3,(H,24,31)(H,25,30)(H,26,28)(H,27,29)(H,32,33)(H,34,35);7H,2-6H2,1H3;1-6H;4-5H2,1H3,(H,6,9)(H,7,8)/t14-,19?;;;/m0.../s1. The highest BCUT2D eigenvalue weighted by Crippen LogP contribution is 2.22. The van der Waals surface area contributed by atoms with Gasteiger partial charge in [-0.3, -0.25) is 24.0 Å². The van der Waals surface area contributed by atoms with Crippen LogP contribution < -0.4 is 49.4 Å². The second-order valence-corrected chi connectivity index (χ2v) is 13.1. The number of rotatable bonds is 13. The third kappa shape index (κ3) is 22.8. The van der Waals surface area contributed by atoms with E-state index in [1.54, 1.807) is 20.8 Å². The topological polar surface area (TPSA) is 323 Å². The molecule has 2 aromatic carbocycles. The van der Waals surface area contributed by atoms with Crippen LogP contribution in [0.15, 0.2) is 59.7 Å². The lowest BCUT2D eigenvalue weighted by molar-refractivity contribution is -0.131. The molecule has 0 spiro atoms. The number of carbonyl (C=O) groups excluding carboxylic acids is 5. The number of carboxylic acids is 2. The first-order chi connectivity index (χ1) is 27.0. The number of carboxylic acid groups (broad SMARTS) is 2. The van der Waals surface area contributed by atoms with Gasteiger partial charge in [-0.15, -0.1) is 0 Å². The number of likely N-dealkylation sites (N-methyl/N-ethyl adjacent to an activating group) is 1. The van der Waals surface area contributed by atoms with Crippen molar-refractivity contribution in [1.29, 1.82) is 0 Å². The third-order valence-electron chi connectivity index (χ3n) is 8.14. The molecule has 0 bridgehead atoms. The van der Waals surface area contributed by atoms with Crippen molar-refractivity contribution in [1.82, 2.24) is 26.7 Å². The Labute approximate surface area is 333 Å². The van der Waals surface area contributed by atoms with Crippen molar-refractivity contribution in [3.05, 3.63) is 65.7 Å². The summed E-state index contributed by atoms with van der Waals surface area (Å²) in [6.07, 6.45) is 7.62. The molecule has 0 aliphatic heterocycles. The number of nitrogens with zero attached hydrogens (tertiary/aromatic N) is 1. The van der Waals surface area contributed by atoms with Crippen LogP contribution in [0.3, 0.4) is 0 Å². The van der Waals surface area contributed by atoms with Gasteiger partial charge in [0.15, 0.2) is 0 Å². The molecule has 1 aliphatic rings. The van der Waals surface area contributed by atoms with Crippen molar-refractivity contribution in [2.24, 2.45) is 34.4 Å². The summed E-state index contributed by atoms with van der Waals surface area (Å²) in [5.74, 6) is 4.90. The van der Waals surface area contributed by atoms with E-state index in [1.807, 2.05) is 41.8 Å². The van der Waals surface area contributed by atoms with Gasteiger partial charge in [-0.25, -0.2) is 15.4 Å². The summed E-state index contributed by atoms with van der Waals surface area (Å²) < 4.78 is 0. The summed E-state index contributed by atoms with van der Waals surface area (Å²) in [5.41, 5.74) is 6.64. The third-order valence-corrected chi connectivity index (χ3v) is 8.14. The Bertz CT molecular complexity index is 1540. The van der Waals surface area contributed by atoms with Crippen molar-refractivity contribution < 1.29 is 43.8 Å². The lowest BCUT2D eigenvalue weighted by Crippen LogP contribution is -2.53. The van der Waals surface area contributed by atoms with Gasteiger partial charge in [0.2, 0.25) is 29.5 Å². The Balaban J connectivity index is 0.00000113. The fourth-order valence-corrected chi connectivity index (χ4v) is 4.97. The van der Waals surface area contributed by atoms with Gasteiger partial charge in [0.25, 0.3) is 5.91 Å². The average molecular weight is 801 g/mol. The molecule has 19 nitrogen and oxygen atoms in total. The Kier molecular flexibility index (Phi) is 26.1. The van der Waals surface area contributed by atoms with E-state index >= 15 is 0 Å². The first-order valence-corrected chi connectivity index (χ1v) is 18.5. The number of anilines is 1. The maximum Gasteiger partial charge on any atom is 0.335 e. The number of hydrogen-bond donors (Lipinski definition) is 11. The predicted molar refractivity (Wildman–Crippen MR) is 216 cm³/mol. The van der Waals surface area contributed by atoms with Crippen LogP contribution in [-0.4, -0.2) is 89.7 Å². The summed E-state index contributed by atoms with van der Waals surface area (Å²) in [4.78, 5) is 81.4. The normalized spacial score (nSPS) is 13.2. The quantitative estimate of drug-likeness (QED) is 0.0589. The van der Waals surface area contributed by atoms with E-state index < -0.39 is 53.6 Å². The molecule has 0 saturated heterocycles. The molecule has 0 aromatic heterocycles.